The summed E-state index contributed by atoms with van der Waals surface area (Å²) in [5, 5.41) is 3.44. The maximum Gasteiger partial charge on any atom is 0.0107 e. The van der Waals surface area contributed by atoms with Gasteiger partial charge in [0.15, 0.2) is 0 Å². The van der Waals surface area contributed by atoms with Gasteiger partial charge in [0.25, 0.3) is 0 Å². The maximum absolute atomic E-state index is 5.51. The molecule has 0 aromatic rings. The lowest BCUT2D eigenvalue weighted by molar-refractivity contribution is 0.269. The number of nitrogens with one attached hydrogen (secondary N) is 1. The van der Waals surface area contributed by atoms with Gasteiger partial charge >= 0.3 is 0 Å². The summed E-state index contributed by atoms with van der Waals surface area (Å²) >= 11 is 0. The molecule has 0 saturated carbocycles. The van der Waals surface area contributed by atoms with Crippen LogP contribution in [0.3, 0.4) is 0 Å². The van der Waals surface area contributed by atoms with Gasteiger partial charge in [0.1, 0.15) is 0 Å². The van der Waals surface area contributed by atoms with Gasteiger partial charge in [-0.2, -0.15) is 0 Å². The molecule has 0 unspecified atom stereocenters. The van der Waals surface area contributed by atoms with E-state index in [0.29, 0.717) is 6.04 Å². The second-order valence-corrected chi connectivity index (χ2v) is 4.09. The van der Waals surface area contributed by atoms with Crippen LogP contribution in [-0.2, 0) is 0 Å². The van der Waals surface area contributed by atoms with Gasteiger partial charge in [0, 0.05) is 19.1 Å². The molecule has 0 bridgehead atoms. The first-order valence-corrected chi connectivity index (χ1v) is 5.86. The Balaban J connectivity index is 3.50. The maximum atomic E-state index is 5.51. The van der Waals surface area contributed by atoms with E-state index < -0.39 is 0 Å². The van der Waals surface area contributed by atoms with Crippen molar-refractivity contribution < 1.29 is 0 Å². The Morgan fingerprint density at radius 1 is 1.21 bits per heavy atom. The minimum Gasteiger partial charge on any atom is -0.330 e. The van der Waals surface area contributed by atoms with Gasteiger partial charge in [-0.25, -0.2) is 0 Å². The summed E-state index contributed by atoms with van der Waals surface area (Å²) in [6, 6.07) is 0.591. The molecule has 3 nitrogen and oxygen atoms in total. The fourth-order valence-electron chi connectivity index (χ4n) is 1.48. The molecule has 14 heavy (non-hydrogen) atoms. The van der Waals surface area contributed by atoms with Gasteiger partial charge in [-0.05, 0) is 32.5 Å². The highest BCUT2D eigenvalue weighted by atomic mass is 15.1. The fraction of sp³-hybridized carbons (Fsp3) is 1.00. The average Bonchev–Trinajstić information content (AvgIpc) is 2.13. The average molecular weight is 201 g/mol. The smallest absolute Gasteiger partial charge is 0.0107 e. The molecule has 0 rings (SSSR count). The van der Waals surface area contributed by atoms with E-state index >= 15 is 0 Å². The Bertz CT molecular complexity index is 115. The first kappa shape index (κ1) is 13.9. The Morgan fingerprint density at radius 2 is 1.93 bits per heavy atom. The Labute approximate surface area is 89.0 Å². The fourth-order valence-corrected chi connectivity index (χ4v) is 1.48. The van der Waals surface area contributed by atoms with Crippen molar-refractivity contribution in [1.29, 1.82) is 0 Å². The van der Waals surface area contributed by atoms with Crippen molar-refractivity contribution in [2.45, 2.75) is 39.7 Å². The zero-order valence-corrected chi connectivity index (χ0v) is 10.1. The lowest BCUT2D eigenvalue weighted by Crippen LogP contribution is -2.36. The summed E-state index contributed by atoms with van der Waals surface area (Å²) in [5.74, 6) is 0. The molecule has 0 aliphatic heterocycles. The van der Waals surface area contributed by atoms with Crippen LogP contribution in [0.5, 0.6) is 0 Å². The molecule has 0 aliphatic carbocycles. The van der Waals surface area contributed by atoms with Crippen LogP contribution in [0.15, 0.2) is 0 Å². The third-order valence-corrected chi connectivity index (χ3v) is 2.20. The summed E-state index contributed by atoms with van der Waals surface area (Å²) in [5.41, 5.74) is 5.51. The van der Waals surface area contributed by atoms with Crippen LogP contribution >= 0.6 is 0 Å². The molecule has 86 valence electrons. The minimum absolute atomic E-state index is 0.591. The second-order valence-electron chi connectivity index (χ2n) is 4.09. The number of hydrogen-bond donors (Lipinski definition) is 2. The van der Waals surface area contributed by atoms with Crippen LogP contribution in [0.25, 0.3) is 0 Å². The number of nitrogens with zero attached hydrogens (tertiary/aromatic N) is 1. The Morgan fingerprint density at radius 3 is 2.43 bits per heavy atom. The molecule has 0 aromatic heterocycles. The predicted molar refractivity (Wildman–Crippen MR) is 63.5 cm³/mol. The van der Waals surface area contributed by atoms with Crippen LogP contribution in [0, 0.1) is 0 Å². The van der Waals surface area contributed by atoms with E-state index in [4.69, 9.17) is 5.73 Å². The molecule has 0 saturated heterocycles. The summed E-state index contributed by atoms with van der Waals surface area (Å²) < 4.78 is 0. The summed E-state index contributed by atoms with van der Waals surface area (Å²) in [4.78, 5) is 2.49. The molecule has 0 aromatic carbocycles. The van der Waals surface area contributed by atoms with Crippen molar-refractivity contribution in [2.75, 3.05) is 32.7 Å². The van der Waals surface area contributed by atoms with Gasteiger partial charge in [-0.3, -0.25) is 0 Å². The number of hydrogen-bond acceptors (Lipinski definition) is 3. The third-order valence-electron chi connectivity index (χ3n) is 2.20. The van der Waals surface area contributed by atoms with Crippen LogP contribution in [0.2, 0.25) is 0 Å². The molecule has 0 radical (unpaired) electrons. The van der Waals surface area contributed by atoms with Gasteiger partial charge in [0.2, 0.25) is 0 Å². The minimum atomic E-state index is 0.591. The van der Waals surface area contributed by atoms with E-state index in [0.717, 1.165) is 32.6 Å². The van der Waals surface area contributed by atoms with Gasteiger partial charge in [0.05, 0.1) is 0 Å². The SMILES string of the molecule is CCCN(CCCN)CCNC(C)C. The third kappa shape index (κ3) is 8.48. The highest BCUT2D eigenvalue weighted by molar-refractivity contribution is 4.61. The second kappa shape index (κ2) is 9.44. The lowest BCUT2D eigenvalue weighted by atomic mass is 10.3. The quantitative estimate of drug-likeness (QED) is 0.586. The van der Waals surface area contributed by atoms with Gasteiger partial charge in [-0.1, -0.05) is 20.8 Å². The molecule has 0 atom stereocenters. The molecule has 3 heteroatoms. The van der Waals surface area contributed by atoms with Crippen molar-refractivity contribution in [3.63, 3.8) is 0 Å². The van der Waals surface area contributed by atoms with Crippen molar-refractivity contribution in [3.8, 4) is 0 Å². The summed E-state index contributed by atoms with van der Waals surface area (Å²) in [6.45, 7) is 12.0. The largest absolute Gasteiger partial charge is 0.330 e. The topological polar surface area (TPSA) is 41.3 Å². The van der Waals surface area contributed by atoms with Crippen molar-refractivity contribution in [2.24, 2.45) is 5.73 Å². The number of nitrogens with two attached hydrogens (primary N) is 1. The van der Waals surface area contributed by atoms with Crippen molar-refractivity contribution in [1.82, 2.24) is 10.2 Å². The van der Waals surface area contributed by atoms with Gasteiger partial charge < -0.3 is 16.0 Å². The van der Waals surface area contributed by atoms with E-state index in [1.807, 2.05) is 0 Å². The highest BCUT2D eigenvalue weighted by Crippen LogP contribution is 1.92. The van der Waals surface area contributed by atoms with Crippen LogP contribution < -0.4 is 11.1 Å². The molecule has 3 N–H and O–H groups in total. The number of rotatable bonds is 9. The van der Waals surface area contributed by atoms with Crippen molar-refractivity contribution in [3.05, 3.63) is 0 Å². The molecule has 0 fully saturated rings. The van der Waals surface area contributed by atoms with Crippen LogP contribution in [0.4, 0.5) is 0 Å². The predicted octanol–water partition coefficient (Wildman–Crippen LogP) is 1.05. The standard InChI is InChI=1S/C11H27N3/c1-4-8-14(9-5-6-12)10-7-13-11(2)3/h11,13H,4-10,12H2,1-3H3. The Kier molecular flexibility index (Phi) is 9.35. The Hall–Kier alpha value is -0.120. The monoisotopic (exact) mass is 201 g/mol. The molecule has 0 aliphatic rings. The molecular formula is C11H27N3. The first-order chi connectivity index (χ1) is 6.70. The van der Waals surface area contributed by atoms with E-state index in [1.165, 1.54) is 13.0 Å². The van der Waals surface area contributed by atoms with E-state index in [1.54, 1.807) is 0 Å². The molecule has 0 amide bonds. The normalized spacial score (nSPS) is 11.6. The van der Waals surface area contributed by atoms with E-state index in [9.17, 15) is 0 Å². The van der Waals surface area contributed by atoms with E-state index in [-0.39, 0.29) is 0 Å². The molecule has 0 heterocycles. The summed E-state index contributed by atoms with van der Waals surface area (Å²) in [7, 11) is 0. The summed E-state index contributed by atoms with van der Waals surface area (Å²) in [6.07, 6.45) is 2.34. The molecular weight excluding hydrogens is 174 g/mol. The zero-order valence-electron chi connectivity index (χ0n) is 10.1. The van der Waals surface area contributed by atoms with E-state index in [2.05, 4.69) is 31.0 Å². The van der Waals surface area contributed by atoms with Crippen LogP contribution in [0.1, 0.15) is 33.6 Å². The van der Waals surface area contributed by atoms with Gasteiger partial charge in [-0.15, -0.1) is 0 Å². The lowest BCUT2D eigenvalue weighted by Gasteiger charge is -2.22. The van der Waals surface area contributed by atoms with Crippen LogP contribution in [-0.4, -0.2) is 43.7 Å². The first-order valence-electron chi connectivity index (χ1n) is 5.86. The van der Waals surface area contributed by atoms with Crippen molar-refractivity contribution >= 4 is 0 Å². The molecule has 0 spiro atoms. The highest BCUT2D eigenvalue weighted by Gasteiger charge is 2.02. The zero-order chi connectivity index (χ0) is 10.8.